The fourth-order valence-corrected chi connectivity index (χ4v) is 3.91. The lowest BCUT2D eigenvalue weighted by Crippen LogP contribution is -2.42. The number of carboxylic acids is 1. The molecule has 106 valence electrons. The van der Waals surface area contributed by atoms with Crippen molar-refractivity contribution in [2.45, 2.75) is 32.7 Å². The molecule has 0 aromatic carbocycles. The molecule has 20 heavy (non-hydrogen) atoms. The molecule has 1 saturated carbocycles. The second kappa shape index (κ2) is 4.92. The molecule has 2 aromatic rings. The van der Waals surface area contributed by atoms with Crippen LogP contribution in [0, 0.1) is 12.3 Å². The van der Waals surface area contributed by atoms with Crippen LogP contribution in [-0.4, -0.2) is 31.3 Å². The Morgan fingerprint density at radius 3 is 2.85 bits per heavy atom. The zero-order valence-corrected chi connectivity index (χ0v) is 13.2. The Hall–Kier alpha value is -1.28. The number of carbonyl (C=O) groups is 1. The van der Waals surface area contributed by atoms with E-state index in [9.17, 15) is 9.90 Å². The molecule has 0 unspecified atom stereocenters. The van der Waals surface area contributed by atoms with Gasteiger partial charge in [0.1, 0.15) is 0 Å². The lowest BCUT2D eigenvalue weighted by molar-refractivity contribution is -0.156. The topological polar surface area (TPSA) is 80.9 Å². The first-order chi connectivity index (χ1) is 9.52. The Labute approximate surface area is 127 Å². The number of aliphatic carboxylic acids is 1. The molecule has 0 amide bonds. The van der Waals surface area contributed by atoms with Gasteiger partial charge in [-0.15, -0.1) is 16.4 Å². The molecule has 0 saturated heterocycles. The minimum absolute atomic E-state index is 0.333. The van der Waals surface area contributed by atoms with E-state index in [0.29, 0.717) is 25.2 Å². The van der Waals surface area contributed by atoms with Crippen LogP contribution in [0.1, 0.15) is 24.8 Å². The summed E-state index contributed by atoms with van der Waals surface area (Å²) >= 11 is 5.03. The van der Waals surface area contributed by atoms with Crippen molar-refractivity contribution in [1.82, 2.24) is 20.2 Å². The highest BCUT2D eigenvalue weighted by Gasteiger charge is 2.45. The molecule has 0 aliphatic heterocycles. The highest BCUT2D eigenvalue weighted by atomic mass is 79.9. The van der Waals surface area contributed by atoms with Crippen molar-refractivity contribution in [2.24, 2.45) is 5.41 Å². The molecular weight excluding hydrogens is 344 g/mol. The smallest absolute Gasteiger partial charge is 0.311 e. The third-order valence-electron chi connectivity index (χ3n) is 3.83. The van der Waals surface area contributed by atoms with Crippen LogP contribution in [0.2, 0.25) is 0 Å². The van der Waals surface area contributed by atoms with Gasteiger partial charge >= 0.3 is 5.97 Å². The average molecular weight is 357 g/mol. The number of carboxylic acid groups (broad SMARTS) is 1. The summed E-state index contributed by atoms with van der Waals surface area (Å²) < 4.78 is 2.66. The van der Waals surface area contributed by atoms with E-state index in [4.69, 9.17) is 0 Å². The maximum Gasteiger partial charge on any atom is 0.311 e. The number of aryl methyl sites for hydroxylation is 1. The summed E-state index contributed by atoms with van der Waals surface area (Å²) in [5.41, 5.74) is 0.421. The first kappa shape index (κ1) is 13.7. The number of tetrazole rings is 1. The van der Waals surface area contributed by atoms with E-state index in [1.165, 1.54) is 0 Å². The van der Waals surface area contributed by atoms with Gasteiger partial charge in [0, 0.05) is 0 Å². The number of thiophene rings is 1. The molecule has 3 rings (SSSR count). The van der Waals surface area contributed by atoms with E-state index < -0.39 is 11.4 Å². The number of hydrogen-bond acceptors (Lipinski definition) is 5. The lowest BCUT2D eigenvalue weighted by atomic mass is 9.69. The number of rotatable bonds is 4. The Bertz CT molecular complexity index is 643. The zero-order valence-electron chi connectivity index (χ0n) is 10.8. The minimum atomic E-state index is -0.756. The molecule has 0 bridgehead atoms. The largest absolute Gasteiger partial charge is 0.481 e. The van der Waals surface area contributed by atoms with Crippen molar-refractivity contribution in [1.29, 1.82) is 0 Å². The summed E-state index contributed by atoms with van der Waals surface area (Å²) in [6, 6.07) is 2.01. The van der Waals surface area contributed by atoms with E-state index in [1.807, 2.05) is 13.0 Å². The molecular formula is C12H13BrN4O2S. The van der Waals surface area contributed by atoms with Gasteiger partial charge in [0.25, 0.3) is 0 Å². The van der Waals surface area contributed by atoms with Gasteiger partial charge in [-0.3, -0.25) is 4.79 Å². The molecule has 1 fully saturated rings. The molecule has 0 atom stereocenters. The summed E-state index contributed by atoms with van der Waals surface area (Å²) in [5.74, 6) is -0.120. The van der Waals surface area contributed by atoms with Crippen molar-refractivity contribution in [2.75, 3.05) is 0 Å². The van der Waals surface area contributed by atoms with Gasteiger partial charge in [-0.2, -0.15) is 0 Å². The van der Waals surface area contributed by atoms with Crippen LogP contribution in [0.25, 0.3) is 10.7 Å². The van der Waals surface area contributed by atoms with Crippen LogP contribution in [0.3, 0.4) is 0 Å². The van der Waals surface area contributed by atoms with Crippen molar-refractivity contribution in [3.63, 3.8) is 0 Å². The number of hydrogen-bond donors (Lipinski definition) is 1. The second-order valence-corrected chi connectivity index (χ2v) is 7.54. The Balaban J connectivity index is 1.92. The molecule has 2 aromatic heterocycles. The van der Waals surface area contributed by atoms with Crippen LogP contribution >= 0.6 is 27.3 Å². The van der Waals surface area contributed by atoms with Crippen LogP contribution in [0.15, 0.2) is 9.85 Å². The van der Waals surface area contributed by atoms with E-state index >= 15 is 0 Å². The standard InChI is InChI=1S/C12H13BrN4O2S/c1-7-5-8(20-9(7)13)10-14-15-16-17(10)6-12(11(18)19)3-2-4-12/h5H,2-4,6H2,1H3,(H,18,19). The minimum Gasteiger partial charge on any atom is -0.481 e. The van der Waals surface area contributed by atoms with Gasteiger partial charge in [-0.1, -0.05) is 6.42 Å². The molecule has 0 spiro atoms. The van der Waals surface area contributed by atoms with Gasteiger partial charge in [-0.25, -0.2) is 4.68 Å². The zero-order chi connectivity index (χ0) is 14.3. The van der Waals surface area contributed by atoms with Crippen LogP contribution in [-0.2, 0) is 11.3 Å². The second-order valence-electron chi connectivity index (χ2n) is 5.17. The summed E-state index contributed by atoms with van der Waals surface area (Å²) in [4.78, 5) is 12.4. The molecule has 1 aliphatic carbocycles. The van der Waals surface area contributed by atoms with Crippen molar-refractivity contribution in [3.05, 3.63) is 15.4 Å². The number of aromatic nitrogens is 4. The third kappa shape index (κ3) is 2.16. The summed E-state index contributed by atoms with van der Waals surface area (Å²) in [6.45, 7) is 2.34. The predicted molar refractivity (Wildman–Crippen MR) is 77.5 cm³/mol. The summed E-state index contributed by atoms with van der Waals surface area (Å²) in [6.07, 6.45) is 2.33. The molecule has 1 N–H and O–H groups in total. The normalized spacial score (nSPS) is 16.9. The van der Waals surface area contributed by atoms with E-state index in [-0.39, 0.29) is 0 Å². The SMILES string of the molecule is Cc1cc(-c2nnnn2CC2(C(=O)O)CCC2)sc1Br. The van der Waals surface area contributed by atoms with Gasteiger partial charge in [-0.05, 0) is 57.8 Å². The van der Waals surface area contributed by atoms with Crippen molar-refractivity contribution >= 4 is 33.2 Å². The lowest BCUT2D eigenvalue weighted by Gasteiger charge is -2.37. The van der Waals surface area contributed by atoms with Crippen LogP contribution < -0.4 is 0 Å². The van der Waals surface area contributed by atoms with Crippen molar-refractivity contribution in [3.8, 4) is 10.7 Å². The number of halogens is 1. The van der Waals surface area contributed by atoms with E-state index in [1.54, 1.807) is 16.0 Å². The van der Waals surface area contributed by atoms with Crippen molar-refractivity contribution < 1.29 is 9.90 Å². The van der Waals surface area contributed by atoms with Gasteiger partial charge < -0.3 is 5.11 Å². The average Bonchev–Trinajstić information content (AvgIpc) is 2.91. The molecule has 2 heterocycles. The monoisotopic (exact) mass is 356 g/mol. The number of nitrogens with zero attached hydrogens (tertiary/aromatic N) is 4. The fraction of sp³-hybridized carbons (Fsp3) is 0.500. The Morgan fingerprint density at radius 1 is 1.60 bits per heavy atom. The van der Waals surface area contributed by atoms with E-state index in [2.05, 4.69) is 31.5 Å². The Morgan fingerprint density at radius 2 is 2.35 bits per heavy atom. The quantitative estimate of drug-likeness (QED) is 0.910. The molecule has 6 nitrogen and oxygen atoms in total. The first-order valence-electron chi connectivity index (χ1n) is 6.28. The Kier molecular flexibility index (Phi) is 3.37. The fourth-order valence-electron chi connectivity index (χ4n) is 2.39. The first-order valence-corrected chi connectivity index (χ1v) is 7.89. The predicted octanol–water partition coefficient (Wildman–Crippen LogP) is 2.73. The summed E-state index contributed by atoms with van der Waals surface area (Å²) in [5, 5.41) is 21.1. The summed E-state index contributed by atoms with van der Waals surface area (Å²) in [7, 11) is 0. The van der Waals surface area contributed by atoms with Gasteiger partial charge in [0.2, 0.25) is 0 Å². The van der Waals surface area contributed by atoms with Crippen LogP contribution in [0.4, 0.5) is 0 Å². The maximum absolute atomic E-state index is 11.4. The molecule has 8 heteroatoms. The third-order valence-corrected chi connectivity index (χ3v) is 5.96. The molecule has 1 aliphatic rings. The van der Waals surface area contributed by atoms with Gasteiger partial charge in [0.05, 0.1) is 20.6 Å². The highest BCUT2D eigenvalue weighted by Crippen LogP contribution is 2.43. The molecule has 0 radical (unpaired) electrons. The van der Waals surface area contributed by atoms with E-state index in [0.717, 1.165) is 20.6 Å². The van der Waals surface area contributed by atoms with Crippen LogP contribution in [0.5, 0.6) is 0 Å². The highest BCUT2D eigenvalue weighted by molar-refractivity contribution is 9.11. The maximum atomic E-state index is 11.4. The van der Waals surface area contributed by atoms with Gasteiger partial charge in [0.15, 0.2) is 5.82 Å².